The van der Waals surface area contributed by atoms with Crippen LogP contribution in [0.25, 0.3) is 0 Å². The molecule has 4 nitrogen and oxygen atoms in total. The zero-order chi connectivity index (χ0) is 13.6. The van der Waals surface area contributed by atoms with E-state index in [9.17, 15) is 8.42 Å². The molecule has 0 spiro atoms. The van der Waals surface area contributed by atoms with E-state index in [4.69, 9.17) is 10.5 Å². The van der Waals surface area contributed by atoms with Gasteiger partial charge in [0.1, 0.15) is 5.75 Å². The topological polar surface area (TPSA) is 69.4 Å². The number of fused-ring (bicyclic) bond motifs is 1. The second kappa shape index (κ2) is 4.75. The van der Waals surface area contributed by atoms with Crippen LogP contribution >= 0.6 is 15.9 Å². The fourth-order valence-corrected chi connectivity index (χ4v) is 5.28. The number of rotatable bonds is 2. The summed E-state index contributed by atoms with van der Waals surface area (Å²) in [5.41, 5.74) is 8.39. The molecule has 1 saturated heterocycles. The van der Waals surface area contributed by atoms with E-state index in [1.165, 1.54) is 0 Å². The molecule has 1 aromatic carbocycles. The van der Waals surface area contributed by atoms with Gasteiger partial charge in [-0.05, 0) is 30.0 Å². The van der Waals surface area contributed by atoms with Crippen molar-refractivity contribution in [2.24, 2.45) is 11.7 Å². The molecule has 2 atom stereocenters. The van der Waals surface area contributed by atoms with Crippen LogP contribution in [0, 0.1) is 5.92 Å². The fourth-order valence-electron chi connectivity index (χ4n) is 2.91. The van der Waals surface area contributed by atoms with Crippen molar-refractivity contribution in [3.63, 3.8) is 0 Å². The van der Waals surface area contributed by atoms with Gasteiger partial charge < -0.3 is 10.5 Å². The van der Waals surface area contributed by atoms with Crippen LogP contribution in [0.5, 0.6) is 5.75 Å². The second-order valence-electron chi connectivity index (χ2n) is 5.27. The Hall–Kier alpha value is -0.590. The Balaban J connectivity index is 1.94. The first-order valence-electron chi connectivity index (χ1n) is 6.37. The largest absolute Gasteiger partial charge is 0.493 e. The number of hydrogen-bond acceptors (Lipinski definition) is 4. The van der Waals surface area contributed by atoms with Gasteiger partial charge in [0.15, 0.2) is 9.84 Å². The maximum atomic E-state index is 11.6. The van der Waals surface area contributed by atoms with Crippen molar-refractivity contribution in [2.45, 2.75) is 18.9 Å². The van der Waals surface area contributed by atoms with Crippen LogP contribution in [0.3, 0.4) is 0 Å². The Morgan fingerprint density at radius 2 is 2.21 bits per heavy atom. The van der Waals surface area contributed by atoms with Crippen molar-refractivity contribution < 1.29 is 13.2 Å². The molecule has 0 radical (unpaired) electrons. The lowest BCUT2D eigenvalue weighted by molar-refractivity contribution is 0.346. The highest BCUT2D eigenvalue weighted by atomic mass is 79.9. The van der Waals surface area contributed by atoms with Gasteiger partial charge in [0, 0.05) is 22.5 Å². The molecule has 0 saturated carbocycles. The SMILES string of the molecule is NC(c1cc(Br)cc2c1OCC2)C1CCS(=O)(=O)C1. The Bertz CT molecular complexity index is 615. The first-order valence-corrected chi connectivity index (χ1v) is 8.99. The molecule has 104 valence electrons. The number of ether oxygens (including phenoxy) is 1. The highest BCUT2D eigenvalue weighted by Crippen LogP contribution is 2.40. The maximum absolute atomic E-state index is 11.6. The van der Waals surface area contributed by atoms with Crippen LogP contribution < -0.4 is 10.5 Å². The highest BCUT2D eigenvalue weighted by molar-refractivity contribution is 9.10. The third-order valence-corrected chi connectivity index (χ3v) is 6.16. The third-order valence-electron chi connectivity index (χ3n) is 3.91. The molecule has 0 aliphatic carbocycles. The summed E-state index contributed by atoms with van der Waals surface area (Å²) in [4.78, 5) is 0. The molecule has 2 N–H and O–H groups in total. The van der Waals surface area contributed by atoms with E-state index in [2.05, 4.69) is 15.9 Å². The molecule has 3 rings (SSSR count). The van der Waals surface area contributed by atoms with Crippen LogP contribution in [0.4, 0.5) is 0 Å². The summed E-state index contributed by atoms with van der Waals surface area (Å²) in [5.74, 6) is 1.30. The quantitative estimate of drug-likeness (QED) is 0.887. The van der Waals surface area contributed by atoms with Crippen LogP contribution in [0.15, 0.2) is 16.6 Å². The van der Waals surface area contributed by atoms with Gasteiger partial charge in [-0.25, -0.2) is 8.42 Å². The Kier molecular flexibility index (Phi) is 3.35. The minimum absolute atomic E-state index is 0.00685. The Labute approximate surface area is 121 Å². The van der Waals surface area contributed by atoms with Gasteiger partial charge in [-0.1, -0.05) is 15.9 Å². The zero-order valence-electron chi connectivity index (χ0n) is 10.4. The normalized spacial score (nSPS) is 25.9. The van der Waals surface area contributed by atoms with Crippen molar-refractivity contribution in [2.75, 3.05) is 18.1 Å². The van der Waals surface area contributed by atoms with Gasteiger partial charge >= 0.3 is 0 Å². The van der Waals surface area contributed by atoms with Gasteiger partial charge in [-0.2, -0.15) is 0 Å². The van der Waals surface area contributed by atoms with Crippen LogP contribution in [-0.4, -0.2) is 26.5 Å². The number of benzene rings is 1. The third kappa shape index (κ3) is 2.53. The smallest absolute Gasteiger partial charge is 0.150 e. The molecular weight excluding hydrogens is 330 g/mol. The number of hydrogen-bond donors (Lipinski definition) is 1. The molecule has 0 aromatic heterocycles. The summed E-state index contributed by atoms with van der Waals surface area (Å²) < 4.78 is 29.8. The van der Waals surface area contributed by atoms with E-state index in [1.54, 1.807) is 0 Å². The number of halogens is 1. The van der Waals surface area contributed by atoms with Crippen molar-refractivity contribution in [1.82, 2.24) is 0 Å². The molecule has 1 fully saturated rings. The van der Waals surface area contributed by atoms with E-state index in [0.29, 0.717) is 13.0 Å². The van der Waals surface area contributed by atoms with Gasteiger partial charge in [-0.15, -0.1) is 0 Å². The van der Waals surface area contributed by atoms with Gasteiger partial charge in [-0.3, -0.25) is 0 Å². The van der Waals surface area contributed by atoms with E-state index in [0.717, 1.165) is 27.8 Å². The highest BCUT2D eigenvalue weighted by Gasteiger charge is 2.34. The van der Waals surface area contributed by atoms with Crippen LogP contribution in [0.2, 0.25) is 0 Å². The molecule has 2 aliphatic heterocycles. The molecule has 2 heterocycles. The van der Waals surface area contributed by atoms with Crippen molar-refractivity contribution in [3.8, 4) is 5.75 Å². The van der Waals surface area contributed by atoms with E-state index in [-0.39, 0.29) is 23.5 Å². The van der Waals surface area contributed by atoms with Crippen molar-refractivity contribution >= 4 is 25.8 Å². The summed E-state index contributed by atoms with van der Waals surface area (Å²) in [6.45, 7) is 0.675. The van der Waals surface area contributed by atoms with Crippen LogP contribution in [0.1, 0.15) is 23.6 Å². The van der Waals surface area contributed by atoms with Crippen molar-refractivity contribution in [3.05, 3.63) is 27.7 Å². The molecule has 6 heteroatoms. The zero-order valence-corrected chi connectivity index (χ0v) is 12.8. The maximum Gasteiger partial charge on any atom is 0.150 e. The van der Waals surface area contributed by atoms with E-state index < -0.39 is 9.84 Å². The predicted octanol–water partition coefficient (Wildman–Crippen LogP) is 1.82. The van der Waals surface area contributed by atoms with Crippen molar-refractivity contribution in [1.29, 1.82) is 0 Å². The minimum atomic E-state index is -2.91. The monoisotopic (exact) mass is 345 g/mol. The summed E-state index contributed by atoms with van der Waals surface area (Å²) in [6, 6.07) is 3.73. The lowest BCUT2D eigenvalue weighted by Gasteiger charge is -2.21. The summed E-state index contributed by atoms with van der Waals surface area (Å²) in [6.07, 6.45) is 1.53. The minimum Gasteiger partial charge on any atom is -0.493 e. The molecule has 1 aromatic rings. The van der Waals surface area contributed by atoms with Gasteiger partial charge in [0.25, 0.3) is 0 Å². The Morgan fingerprint density at radius 3 is 2.89 bits per heavy atom. The second-order valence-corrected chi connectivity index (χ2v) is 8.42. The lowest BCUT2D eigenvalue weighted by atomic mass is 9.91. The Morgan fingerprint density at radius 1 is 1.42 bits per heavy atom. The molecule has 19 heavy (non-hydrogen) atoms. The molecule has 0 bridgehead atoms. The van der Waals surface area contributed by atoms with Crippen LogP contribution in [-0.2, 0) is 16.3 Å². The average molecular weight is 346 g/mol. The lowest BCUT2D eigenvalue weighted by Crippen LogP contribution is -2.23. The summed E-state index contributed by atoms with van der Waals surface area (Å²) >= 11 is 3.49. The molecule has 2 aliphatic rings. The van der Waals surface area contributed by atoms with E-state index >= 15 is 0 Å². The summed E-state index contributed by atoms with van der Waals surface area (Å²) in [5, 5.41) is 0. The van der Waals surface area contributed by atoms with E-state index in [1.807, 2.05) is 12.1 Å². The van der Waals surface area contributed by atoms with Gasteiger partial charge in [0.05, 0.1) is 18.1 Å². The molecule has 2 unspecified atom stereocenters. The first-order chi connectivity index (χ1) is 8.96. The number of sulfone groups is 1. The number of nitrogens with two attached hydrogens (primary N) is 1. The predicted molar refractivity (Wildman–Crippen MR) is 77.0 cm³/mol. The summed E-state index contributed by atoms with van der Waals surface area (Å²) in [7, 11) is -2.91. The fraction of sp³-hybridized carbons (Fsp3) is 0.538. The molecular formula is C13H16BrNO3S. The standard InChI is InChI=1S/C13H16BrNO3S/c14-10-5-8-1-3-18-13(8)11(6-10)12(15)9-2-4-19(16,17)7-9/h5-6,9,12H,1-4,7,15H2. The molecule has 0 amide bonds. The van der Waals surface area contributed by atoms with Gasteiger partial charge in [0.2, 0.25) is 0 Å². The average Bonchev–Trinajstić information content (AvgIpc) is 2.93. The first kappa shape index (κ1) is 13.4.